The zero-order chi connectivity index (χ0) is 16.3. The van der Waals surface area contributed by atoms with Crippen molar-refractivity contribution in [1.29, 1.82) is 0 Å². The van der Waals surface area contributed by atoms with Gasteiger partial charge in [0.25, 0.3) is 0 Å². The monoisotopic (exact) mass is 314 g/mol. The van der Waals surface area contributed by atoms with Crippen LogP contribution < -0.4 is 4.74 Å². The summed E-state index contributed by atoms with van der Waals surface area (Å²) in [6.45, 7) is 0. The highest BCUT2D eigenvalue weighted by molar-refractivity contribution is 5.76. The number of halogens is 4. The predicted octanol–water partition coefficient (Wildman–Crippen LogP) is 4.02. The molecule has 0 unspecified atom stereocenters. The van der Waals surface area contributed by atoms with Gasteiger partial charge in [-0.15, -0.1) is 13.2 Å². The third-order valence-electron chi connectivity index (χ3n) is 2.81. The molecule has 0 aromatic heterocycles. The number of hydrogen-bond donors (Lipinski definition) is 1. The number of alkyl halides is 3. The Morgan fingerprint density at radius 3 is 2.27 bits per heavy atom. The van der Waals surface area contributed by atoms with E-state index in [1.807, 2.05) is 0 Å². The number of carboxylic acids is 1. The van der Waals surface area contributed by atoms with Crippen LogP contribution in [-0.2, 0) is 11.2 Å². The van der Waals surface area contributed by atoms with Crippen molar-refractivity contribution < 1.29 is 32.2 Å². The lowest BCUT2D eigenvalue weighted by Gasteiger charge is -2.11. The van der Waals surface area contributed by atoms with E-state index in [1.165, 1.54) is 18.2 Å². The fourth-order valence-corrected chi connectivity index (χ4v) is 1.97. The van der Waals surface area contributed by atoms with Crippen LogP contribution >= 0.6 is 0 Å². The Balaban J connectivity index is 2.35. The van der Waals surface area contributed by atoms with Crippen molar-refractivity contribution in [2.24, 2.45) is 0 Å². The lowest BCUT2D eigenvalue weighted by atomic mass is 9.97. The van der Waals surface area contributed by atoms with E-state index in [2.05, 4.69) is 4.74 Å². The molecule has 0 atom stereocenters. The molecule has 0 fully saturated rings. The highest BCUT2D eigenvalue weighted by Crippen LogP contribution is 2.29. The van der Waals surface area contributed by atoms with Crippen LogP contribution in [0.1, 0.15) is 5.56 Å². The first kappa shape index (κ1) is 15.8. The van der Waals surface area contributed by atoms with E-state index >= 15 is 0 Å². The van der Waals surface area contributed by atoms with E-state index in [4.69, 9.17) is 5.11 Å². The second-order valence-corrected chi connectivity index (χ2v) is 4.44. The summed E-state index contributed by atoms with van der Waals surface area (Å²) in [6.07, 6.45) is -5.12. The molecule has 2 aromatic rings. The Morgan fingerprint density at radius 2 is 1.73 bits per heavy atom. The molecule has 7 heteroatoms. The zero-order valence-corrected chi connectivity index (χ0v) is 11.0. The molecule has 116 valence electrons. The van der Waals surface area contributed by atoms with Gasteiger partial charge in [0.15, 0.2) is 0 Å². The Morgan fingerprint density at radius 1 is 1.09 bits per heavy atom. The normalized spacial score (nSPS) is 11.3. The Kier molecular flexibility index (Phi) is 4.35. The van der Waals surface area contributed by atoms with Crippen LogP contribution in [0.5, 0.6) is 5.75 Å². The van der Waals surface area contributed by atoms with Gasteiger partial charge in [-0.1, -0.05) is 18.2 Å². The van der Waals surface area contributed by atoms with E-state index in [-0.39, 0.29) is 6.42 Å². The van der Waals surface area contributed by atoms with Crippen LogP contribution in [0.2, 0.25) is 0 Å². The maximum absolute atomic E-state index is 13.4. The summed E-state index contributed by atoms with van der Waals surface area (Å²) in [5.74, 6) is -2.07. The van der Waals surface area contributed by atoms with Crippen molar-refractivity contribution in [3.05, 3.63) is 53.8 Å². The van der Waals surface area contributed by atoms with Gasteiger partial charge in [-0.05, 0) is 41.0 Å². The van der Waals surface area contributed by atoms with Crippen molar-refractivity contribution in [1.82, 2.24) is 0 Å². The molecule has 0 heterocycles. The van der Waals surface area contributed by atoms with Gasteiger partial charge in [-0.25, -0.2) is 4.39 Å². The number of benzene rings is 2. The third-order valence-corrected chi connectivity index (χ3v) is 2.81. The highest BCUT2D eigenvalue weighted by Gasteiger charge is 2.31. The third kappa shape index (κ3) is 4.21. The van der Waals surface area contributed by atoms with Gasteiger partial charge >= 0.3 is 12.3 Å². The number of carbonyl (C=O) groups is 1. The summed E-state index contributed by atoms with van der Waals surface area (Å²) in [6, 6.07) is 8.37. The standard InChI is InChI=1S/C15H10F4O3/c16-11-4-1-10(7-14(20)21)13(8-11)9-2-5-12(6-3-9)22-15(17,18)19/h1-6,8H,7H2,(H,20,21). The lowest BCUT2D eigenvalue weighted by molar-refractivity contribution is -0.274. The first-order chi connectivity index (χ1) is 10.2. The molecule has 22 heavy (non-hydrogen) atoms. The van der Waals surface area contributed by atoms with Gasteiger partial charge in [0, 0.05) is 0 Å². The van der Waals surface area contributed by atoms with Gasteiger partial charge in [-0.3, -0.25) is 4.79 Å². The molecule has 0 aliphatic carbocycles. The van der Waals surface area contributed by atoms with Crippen LogP contribution in [0.4, 0.5) is 17.6 Å². The minimum atomic E-state index is -4.80. The predicted molar refractivity (Wildman–Crippen MR) is 69.9 cm³/mol. The molecule has 0 amide bonds. The molecule has 2 aromatic carbocycles. The van der Waals surface area contributed by atoms with Gasteiger partial charge in [0.1, 0.15) is 11.6 Å². The summed E-state index contributed by atoms with van der Waals surface area (Å²) < 4.78 is 53.4. The molecule has 0 spiro atoms. The molecule has 3 nitrogen and oxygen atoms in total. The van der Waals surface area contributed by atoms with Crippen LogP contribution in [0.15, 0.2) is 42.5 Å². The van der Waals surface area contributed by atoms with E-state index < -0.39 is 23.9 Å². The van der Waals surface area contributed by atoms with Crippen molar-refractivity contribution in [2.75, 3.05) is 0 Å². The Bertz CT molecular complexity index is 678. The summed E-state index contributed by atoms with van der Waals surface area (Å²) >= 11 is 0. The topological polar surface area (TPSA) is 46.5 Å². The summed E-state index contributed by atoms with van der Waals surface area (Å²) in [7, 11) is 0. The van der Waals surface area contributed by atoms with Crippen molar-refractivity contribution in [3.8, 4) is 16.9 Å². The van der Waals surface area contributed by atoms with Crippen LogP contribution in [0, 0.1) is 5.82 Å². The van der Waals surface area contributed by atoms with Crippen molar-refractivity contribution in [2.45, 2.75) is 12.8 Å². The number of hydrogen-bond acceptors (Lipinski definition) is 2. The average Bonchev–Trinajstić information content (AvgIpc) is 2.39. The van der Waals surface area contributed by atoms with Gasteiger partial charge in [0.2, 0.25) is 0 Å². The van der Waals surface area contributed by atoms with Gasteiger partial charge in [0.05, 0.1) is 6.42 Å². The van der Waals surface area contributed by atoms with Crippen LogP contribution in [-0.4, -0.2) is 17.4 Å². The second-order valence-electron chi connectivity index (χ2n) is 4.44. The van der Waals surface area contributed by atoms with E-state index in [0.717, 1.165) is 24.3 Å². The largest absolute Gasteiger partial charge is 0.573 e. The molecule has 1 N–H and O–H groups in total. The minimum Gasteiger partial charge on any atom is -0.481 e. The molecular weight excluding hydrogens is 304 g/mol. The molecular formula is C15H10F4O3. The zero-order valence-electron chi connectivity index (χ0n) is 11.0. The summed E-state index contributed by atoms with van der Waals surface area (Å²) in [5, 5.41) is 8.84. The number of ether oxygens (including phenoxy) is 1. The SMILES string of the molecule is O=C(O)Cc1ccc(F)cc1-c1ccc(OC(F)(F)F)cc1. The molecule has 0 radical (unpaired) electrons. The fourth-order valence-electron chi connectivity index (χ4n) is 1.97. The van der Waals surface area contributed by atoms with Gasteiger partial charge in [-0.2, -0.15) is 0 Å². The first-order valence-corrected chi connectivity index (χ1v) is 6.11. The average molecular weight is 314 g/mol. The number of rotatable bonds is 4. The van der Waals surface area contributed by atoms with E-state index in [1.54, 1.807) is 0 Å². The summed E-state index contributed by atoms with van der Waals surface area (Å²) in [5.41, 5.74) is 1.06. The number of aliphatic carboxylic acids is 1. The molecule has 0 saturated carbocycles. The maximum atomic E-state index is 13.4. The van der Waals surface area contributed by atoms with Crippen LogP contribution in [0.25, 0.3) is 11.1 Å². The summed E-state index contributed by atoms with van der Waals surface area (Å²) in [4.78, 5) is 10.8. The quantitative estimate of drug-likeness (QED) is 0.867. The minimum absolute atomic E-state index is 0.306. The van der Waals surface area contributed by atoms with Crippen molar-refractivity contribution >= 4 is 5.97 Å². The smallest absolute Gasteiger partial charge is 0.481 e. The molecule has 0 aliphatic heterocycles. The van der Waals surface area contributed by atoms with E-state index in [0.29, 0.717) is 16.7 Å². The molecule has 0 saturated heterocycles. The maximum Gasteiger partial charge on any atom is 0.573 e. The van der Waals surface area contributed by atoms with Crippen LogP contribution in [0.3, 0.4) is 0 Å². The van der Waals surface area contributed by atoms with E-state index in [9.17, 15) is 22.4 Å². The lowest BCUT2D eigenvalue weighted by Crippen LogP contribution is -2.16. The highest BCUT2D eigenvalue weighted by atomic mass is 19.4. The molecule has 0 bridgehead atoms. The second kappa shape index (κ2) is 6.05. The van der Waals surface area contributed by atoms with Gasteiger partial charge < -0.3 is 9.84 Å². The number of carboxylic acid groups (broad SMARTS) is 1. The van der Waals surface area contributed by atoms with Crippen molar-refractivity contribution in [3.63, 3.8) is 0 Å². The Hall–Kier alpha value is -2.57. The molecule has 0 aliphatic rings. The first-order valence-electron chi connectivity index (χ1n) is 6.11. The molecule has 2 rings (SSSR count). The Labute approximate surface area is 122 Å². The fraction of sp³-hybridized carbons (Fsp3) is 0.133.